The van der Waals surface area contributed by atoms with Crippen LogP contribution in [-0.4, -0.2) is 11.4 Å². The molecule has 0 amide bonds. The second-order valence-electron chi connectivity index (χ2n) is 3.64. The molecule has 3 nitrogen and oxygen atoms in total. The molecule has 0 saturated carbocycles. The summed E-state index contributed by atoms with van der Waals surface area (Å²) >= 11 is 1.19. The molecule has 0 spiro atoms. The zero-order valence-electron chi connectivity index (χ0n) is 9.24. The molecule has 0 atom stereocenters. The van der Waals surface area contributed by atoms with E-state index in [9.17, 15) is 4.79 Å². The fourth-order valence-corrected chi connectivity index (χ4v) is 2.09. The van der Waals surface area contributed by atoms with Crippen molar-refractivity contribution in [2.75, 3.05) is 6.26 Å². The molecule has 0 aliphatic heterocycles. The van der Waals surface area contributed by atoms with E-state index in [0.29, 0.717) is 23.5 Å². The number of hydrogen-bond acceptors (Lipinski definition) is 4. The third-order valence-electron chi connectivity index (χ3n) is 2.42. The van der Waals surface area contributed by atoms with E-state index in [1.807, 2.05) is 25.1 Å². The monoisotopic (exact) mass is 235 g/mol. The molecular weight excluding hydrogens is 222 g/mol. The average Bonchev–Trinajstić information content (AvgIpc) is 2.69. The Bertz CT molecular complexity index is 545. The third-order valence-corrected chi connectivity index (χ3v) is 3.01. The molecule has 1 aromatic carbocycles. The summed E-state index contributed by atoms with van der Waals surface area (Å²) in [4.78, 5) is 11.7. The summed E-state index contributed by atoms with van der Waals surface area (Å²) in [5, 5.41) is 0.962. The first-order valence-corrected chi connectivity index (χ1v) is 6.19. The van der Waals surface area contributed by atoms with Gasteiger partial charge >= 0.3 is 0 Å². The molecular formula is C12H13NO2S. The van der Waals surface area contributed by atoms with Crippen molar-refractivity contribution in [3.05, 3.63) is 35.1 Å². The minimum Gasteiger partial charge on any atom is -0.459 e. The molecule has 16 heavy (non-hydrogen) atoms. The SMILES string of the molecule is CSC(=O)c1cc(C)cc2cc(CN)oc12. The molecule has 1 aromatic heterocycles. The van der Waals surface area contributed by atoms with E-state index in [0.717, 1.165) is 10.9 Å². The van der Waals surface area contributed by atoms with Gasteiger partial charge in [0.05, 0.1) is 12.1 Å². The molecule has 2 rings (SSSR count). The number of aryl methyl sites for hydroxylation is 1. The van der Waals surface area contributed by atoms with E-state index in [-0.39, 0.29) is 5.12 Å². The van der Waals surface area contributed by atoms with Crippen molar-refractivity contribution in [2.45, 2.75) is 13.5 Å². The molecule has 0 aliphatic carbocycles. The Balaban J connectivity index is 2.70. The molecule has 0 bridgehead atoms. The van der Waals surface area contributed by atoms with E-state index in [4.69, 9.17) is 10.2 Å². The Morgan fingerprint density at radius 1 is 1.44 bits per heavy atom. The van der Waals surface area contributed by atoms with Crippen molar-refractivity contribution >= 4 is 27.8 Å². The third kappa shape index (κ3) is 1.86. The topological polar surface area (TPSA) is 56.2 Å². The second kappa shape index (κ2) is 4.31. The lowest BCUT2D eigenvalue weighted by Gasteiger charge is -2.00. The van der Waals surface area contributed by atoms with Gasteiger partial charge in [-0.3, -0.25) is 4.79 Å². The largest absolute Gasteiger partial charge is 0.459 e. The number of nitrogens with two attached hydrogens (primary N) is 1. The Morgan fingerprint density at radius 2 is 2.19 bits per heavy atom. The fourth-order valence-electron chi connectivity index (χ4n) is 1.72. The number of fused-ring (bicyclic) bond motifs is 1. The predicted octanol–water partition coefficient (Wildman–Crippen LogP) is 2.70. The van der Waals surface area contributed by atoms with Gasteiger partial charge in [0, 0.05) is 5.39 Å². The van der Waals surface area contributed by atoms with Crippen molar-refractivity contribution in [1.82, 2.24) is 0 Å². The number of carbonyl (C=O) groups excluding carboxylic acids is 1. The molecule has 84 valence electrons. The number of hydrogen-bond donors (Lipinski definition) is 1. The molecule has 4 heteroatoms. The zero-order valence-corrected chi connectivity index (χ0v) is 10.1. The van der Waals surface area contributed by atoms with Gasteiger partial charge in [-0.15, -0.1) is 0 Å². The van der Waals surface area contributed by atoms with E-state index in [2.05, 4.69) is 0 Å². The van der Waals surface area contributed by atoms with Crippen molar-refractivity contribution in [3.63, 3.8) is 0 Å². The Kier molecular flexibility index (Phi) is 3.03. The molecule has 0 fully saturated rings. The molecule has 0 radical (unpaired) electrons. The Hall–Kier alpha value is -1.26. The highest BCUT2D eigenvalue weighted by atomic mass is 32.2. The van der Waals surface area contributed by atoms with Crippen LogP contribution >= 0.6 is 11.8 Å². The summed E-state index contributed by atoms with van der Waals surface area (Å²) in [6, 6.07) is 5.74. The molecule has 0 saturated heterocycles. The van der Waals surface area contributed by atoms with Crippen LogP contribution in [0.15, 0.2) is 22.6 Å². The van der Waals surface area contributed by atoms with Gasteiger partial charge in [0.15, 0.2) is 0 Å². The van der Waals surface area contributed by atoms with Crippen LogP contribution in [-0.2, 0) is 6.54 Å². The highest BCUT2D eigenvalue weighted by Gasteiger charge is 2.14. The Labute approximate surface area is 98.0 Å². The number of carbonyl (C=O) groups is 1. The number of benzene rings is 1. The second-order valence-corrected chi connectivity index (χ2v) is 4.42. The lowest BCUT2D eigenvalue weighted by atomic mass is 10.1. The minimum absolute atomic E-state index is 0.0200. The van der Waals surface area contributed by atoms with E-state index < -0.39 is 0 Å². The van der Waals surface area contributed by atoms with E-state index in [1.165, 1.54) is 11.8 Å². The van der Waals surface area contributed by atoms with Gasteiger partial charge in [-0.25, -0.2) is 0 Å². The van der Waals surface area contributed by atoms with Crippen LogP contribution in [0.4, 0.5) is 0 Å². The maximum atomic E-state index is 11.7. The van der Waals surface area contributed by atoms with Crippen LogP contribution < -0.4 is 5.73 Å². The van der Waals surface area contributed by atoms with Crippen LogP contribution in [0.5, 0.6) is 0 Å². The summed E-state index contributed by atoms with van der Waals surface area (Å²) in [6.07, 6.45) is 1.77. The first-order valence-electron chi connectivity index (χ1n) is 4.97. The van der Waals surface area contributed by atoms with Crippen molar-refractivity contribution in [2.24, 2.45) is 5.73 Å². The number of thioether (sulfide) groups is 1. The van der Waals surface area contributed by atoms with Gasteiger partial charge in [0.2, 0.25) is 5.12 Å². The highest BCUT2D eigenvalue weighted by molar-refractivity contribution is 8.13. The van der Waals surface area contributed by atoms with Gasteiger partial charge in [-0.05, 0) is 36.9 Å². The van der Waals surface area contributed by atoms with Crippen molar-refractivity contribution < 1.29 is 9.21 Å². The first kappa shape index (κ1) is 11.2. The molecule has 0 aliphatic rings. The predicted molar refractivity (Wildman–Crippen MR) is 66.7 cm³/mol. The fraction of sp³-hybridized carbons (Fsp3) is 0.250. The van der Waals surface area contributed by atoms with Crippen molar-refractivity contribution in [3.8, 4) is 0 Å². The minimum atomic E-state index is 0.0200. The van der Waals surface area contributed by atoms with Crippen LogP contribution in [0.1, 0.15) is 21.7 Å². The average molecular weight is 235 g/mol. The first-order chi connectivity index (χ1) is 7.65. The van der Waals surface area contributed by atoms with Gasteiger partial charge in [0.25, 0.3) is 0 Å². The standard InChI is InChI=1S/C12H13NO2S/c1-7-3-8-5-9(6-13)15-11(8)10(4-7)12(14)16-2/h3-5H,6,13H2,1-2H3. The summed E-state index contributed by atoms with van der Waals surface area (Å²) in [5.74, 6) is 0.704. The molecule has 0 unspecified atom stereocenters. The van der Waals surface area contributed by atoms with Crippen LogP contribution in [0.2, 0.25) is 0 Å². The van der Waals surface area contributed by atoms with Gasteiger partial charge in [0.1, 0.15) is 11.3 Å². The maximum absolute atomic E-state index is 11.7. The summed E-state index contributed by atoms with van der Waals surface area (Å²) < 4.78 is 5.57. The zero-order chi connectivity index (χ0) is 11.7. The highest BCUT2D eigenvalue weighted by Crippen LogP contribution is 2.27. The maximum Gasteiger partial charge on any atom is 0.222 e. The lowest BCUT2D eigenvalue weighted by molar-refractivity contribution is 0.109. The Morgan fingerprint density at radius 3 is 2.81 bits per heavy atom. The smallest absolute Gasteiger partial charge is 0.222 e. The normalized spacial score (nSPS) is 10.9. The quantitative estimate of drug-likeness (QED) is 0.869. The van der Waals surface area contributed by atoms with Crippen LogP contribution in [0.25, 0.3) is 11.0 Å². The lowest BCUT2D eigenvalue weighted by Crippen LogP contribution is -1.94. The van der Waals surface area contributed by atoms with Gasteiger partial charge in [-0.1, -0.05) is 11.8 Å². The van der Waals surface area contributed by atoms with Crippen LogP contribution in [0, 0.1) is 6.92 Å². The summed E-state index contributed by atoms with van der Waals surface area (Å²) in [5.41, 5.74) is 7.85. The molecule has 2 N–H and O–H groups in total. The van der Waals surface area contributed by atoms with Crippen molar-refractivity contribution in [1.29, 1.82) is 0 Å². The van der Waals surface area contributed by atoms with Crippen LogP contribution in [0.3, 0.4) is 0 Å². The van der Waals surface area contributed by atoms with E-state index in [1.54, 1.807) is 6.26 Å². The molecule has 1 heterocycles. The number of furan rings is 1. The van der Waals surface area contributed by atoms with Gasteiger partial charge in [-0.2, -0.15) is 0 Å². The van der Waals surface area contributed by atoms with Gasteiger partial charge < -0.3 is 10.2 Å². The number of rotatable bonds is 2. The summed E-state index contributed by atoms with van der Waals surface area (Å²) in [6.45, 7) is 2.31. The summed E-state index contributed by atoms with van der Waals surface area (Å²) in [7, 11) is 0. The van der Waals surface area contributed by atoms with E-state index >= 15 is 0 Å². The molecule has 2 aromatic rings.